The first-order valence-corrected chi connectivity index (χ1v) is 14.8. The Morgan fingerprint density at radius 3 is 2.35 bits per heavy atom. The first kappa shape index (κ1) is 29.0. The van der Waals surface area contributed by atoms with E-state index in [1.54, 1.807) is 38.1 Å². The van der Waals surface area contributed by atoms with E-state index in [0.29, 0.717) is 30.7 Å². The molecule has 40 heavy (non-hydrogen) atoms. The monoisotopic (exact) mass is 599 g/mol. The third-order valence-corrected chi connectivity index (χ3v) is 10.7. The number of halogens is 5. The summed E-state index contributed by atoms with van der Waals surface area (Å²) in [6.07, 6.45) is -3.87. The molecule has 4 aliphatic rings. The summed E-state index contributed by atoms with van der Waals surface area (Å²) < 4.78 is 82.5. The van der Waals surface area contributed by atoms with Crippen molar-refractivity contribution < 1.29 is 30.8 Å². The van der Waals surface area contributed by atoms with Crippen molar-refractivity contribution in [2.75, 3.05) is 0 Å². The van der Waals surface area contributed by atoms with Gasteiger partial charge in [0.15, 0.2) is 5.78 Å². The molecule has 0 radical (unpaired) electrons. The largest absolute Gasteiger partial charge is 0.391 e. The molecule has 12 heteroatoms. The summed E-state index contributed by atoms with van der Waals surface area (Å²) in [4.78, 5) is 17.5. The standard InChI is InChI=1S/C28H30ClF4N3O3S/c1-17(28(31,32)33)11-22(37)23-25(2,3)35-24(34-23)26-14-27(15-26,16-26)36(13-18-9-10-20(29)21(30)12-18)40(38,39)19-7-5-4-6-8-19/h4-10,12,17,23H,11,13-16H2,1-3H3,(H,34,35)/t17-,23+,26?,27?/m1/s1. The summed E-state index contributed by atoms with van der Waals surface area (Å²) in [5.41, 5.74) is -1.68. The number of hydrogen-bond acceptors (Lipinski definition) is 5. The zero-order valence-electron chi connectivity index (χ0n) is 22.2. The van der Waals surface area contributed by atoms with Gasteiger partial charge in [-0.1, -0.05) is 42.8 Å². The second kappa shape index (κ2) is 9.52. The fourth-order valence-corrected chi connectivity index (χ4v) is 8.15. The van der Waals surface area contributed by atoms with Crippen molar-refractivity contribution in [2.45, 2.75) is 81.2 Å². The number of carbonyl (C=O) groups is 1. The van der Waals surface area contributed by atoms with E-state index in [1.165, 1.54) is 28.6 Å². The van der Waals surface area contributed by atoms with E-state index < -0.39 is 62.7 Å². The van der Waals surface area contributed by atoms with Crippen LogP contribution < -0.4 is 5.32 Å². The molecule has 3 aliphatic carbocycles. The molecule has 2 atom stereocenters. The molecule has 0 amide bonds. The lowest BCUT2D eigenvalue weighted by atomic mass is 9.38. The minimum Gasteiger partial charge on any atom is -0.366 e. The number of alkyl halides is 3. The molecule has 0 saturated heterocycles. The highest BCUT2D eigenvalue weighted by Gasteiger charge is 2.75. The van der Waals surface area contributed by atoms with E-state index in [1.807, 2.05) is 0 Å². The average Bonchev–Trinajstić information content (AvgIpc) is 3.13. The Bertz CT molecular complexity index is 1460. The van der Waals surface area contributed by atoms with E-state index in [-0.39, 0.29) is 16.5 Å². The zero-order chi connectivity index (χ0) is 29.3. The van der Waals surface area contributed by atoms with Crippen LogP contribution in [-0.4, -0.2) is 47.6 Å². The van der Waals surface area contributed by atoms with Crippen molar-refractivity contribution in [3.8, 4) is 0 Å². The normalized spacial score (nSPS) is 27.8. The van der Waals surface area contributed by atoms with Crippen LogP contribution in [-0.2, 0) is 21.4 Å². The Balaban J connectivity index is 1.40. The summed E-state index contributed by atoms with van der Waals surface area (Å²) in [5, 5.41) is 3.20. The lowest BCUT2D eigenvalue weighted by Crippen LogP contribution is -2.78. The van der Waals surface area contributed by atoms with Crippen molar-refractivity contribution >= 4 is 33.2 Å². The summed E-state index contributed by atoms with van der Waals surface area (Å²) in [7, 11) is -3.97. The van der Waals surface area contributed by atoms with Gasteiger partial charge in [-0.25, -0.2) is 12.8 Å². The lowest BCUT2D eigenvalue weighted by Gasteiger charge is -2.73. The number of Topliss-reactive ketones (excluding diaryl/α,β-unsaturated/α-hetero) is 1. The van der Waals surface area contributed by atoms with Crippen LogP contribution in [0.15, 0.2) is 58.4 Å². The highest BCUT2D eigenvalue weighted by atomic mass is 35.5. The first-order valence-electron chi connectivity index (χ1n) is 13.0. The second-order valence-corrected chi connectivity index (χ2v) is 14.2. The summed E-state index contributed by atoms with van der Waals surface area (Å²) in [5.74, 6) is -2.47. The van der Waals surface area contributed by atoms with Crippen LogP contribution in [0.4, 0.5) is 17.6 Å². The minimum absolute atomic E-state index is 0.0626. The van der Waals surface area contributed by atoms with Gasteiger partial charge in [-0.15, -0.1) is 0 Å². The van der Waals surface area contributed by atoms with Crippen LogP contribution in [0.1, 0.15) is 52.0 Å². The maximum Gasteiger partial charge on any atom is 0.391 e. The number of nitrogens with one attached hydrogen (secondary N) is 1. The van der Waals surface area contributed by atoms with Crippen molar-refractivity contribution in [1.29, 1.82) is 0 Å². The van der Waals surface area contributed by atoms with Gasteiger partial charge in [0.05, 0.1) is 21.4 Å². The Morgan fingerprint density at radius 1 is 1.15 bits per heavy atom. The average molecular weight is 600 g/mol. The number of nitrogens with zero attached hydrogens (tertiary/aromatic N) is 2. The zero-order valence-corrected chi connectivity index (χ0v) is 23.8. The third kappa shape index (κ3) is 4.83. The third-order valence-electron chi connectivity index (χ3n) is 8.43. The Labute approximate surface area is 235 Å². The smallest absolute Gasteiger partial charge is 0.366 e. The van der Waals surface area contributed by atoms with E-state index in [0.717, 1.165) is 6.92 Å². The van der Waals surface area contributed by atoms with Gasteiger partial charge in [-0.3, -0.25) is 9.79 Å². The van der Waals surface area contributed by atoms with Crippen LogP contribution in [0, 0.1) is 17.2 Å². The predicted octanol–water partition coefficient (Wildman–Crippen LogP) is 5.90. The molecule has 0 unspecified atom stereocenters. The van der Waals surface area contributed by atoms with Crippen LogP contribution in [0.3, 0.4) is 0 Å². The number of benzene rings is 2. The fourth-order valence-electron chi connectivity index (χ4n) is 6.25. The van der Waals surface area contributed by atoms with Gasteiger partial charge < -0.3 is 5.32 Å². The van der Waals surface area contributed by atoms with Gasteiger partial charge in [-0.05, 0) is 62.9 Å². The maximum atomic E-state index is 14.2. The summed E-state index contributed by atoms with van der Waals surface area (Å²) in [6.45, 7) is 4.37. The van der Waals surface area contributed by atoms with Crippen molar-refractivity contribution in [3.05, 3.63) is 64.9 Å². The highest BCUT2D eigenvalue weighted by molar-refractivity contribution is 7.89. The van der Waals surface area contributed by atoms with Gasteiger partial charge in [0.2, 0.25) is 10.0 Å². The quantitative estimate of drug-likeness (QED) is 0.364. The van der Waals surface area contributed by atoms with Gasteiger partial charge in [-0.2, -0.15) is 17.5 Å². The molecule has 2 bridgehead atoms. The lowest BCUT2D eigenvalue weighted by molar-refractivity contribution is -0.174. The van der Waals surface area contributed by atoms with Crippen LogP contribution in [0.2, 0.25) is 5.02 Å². The molecule has 1 aliphatic heterocycles. The molecule has 1 N–H and O–H groups in total. The predicted molar refractivity (Wildman–Crippen MR) is 143 cm³/mol. The molecule has 2 aromatic carbocycles. The molecular weight excluding hydrogens is 570 g/mol. The van der Waals surface area contributed by atoms with E-state index >= 15 is 0 Å². The molecule has 3 fully saturated rings. The number of carbonyl (C=O) groups excluding carboxylic acids is 1. The molecule has 0 aromatic heterocycles. The molecule has 216 valence electrons. The number of hydrogen-bond donors (Lipinski definition) is 1. The Kier molecular flexibility index (Phi) is 6.91. The number of ketones is 1. The molecule has 3 saturated carbocycles. The van der Waals surface area contributed by atoms with Gasteiger partial charge >= 0.3 is 6.18 Å². The second-order valence-electron chi connectivity index (χ2n) is 11.9. The van der Waals surface area contributed by atoms with Crippen molar-refractivity contribution in [1.82, 2.24) is 9.62 Å². The minimum atomic E-state index is -4.47. The van der Waals surface area contributed by atoms with Gasteiger partial charge in [0.25, 0.3) is 0 Å². The number of amidine groups is 1. The highest BCUT2D eigenvalue weighted by Crippen LogP contribution is 2.71. The van der Waals surface area contributed by atoms with E-state index in [2.05, 4.69) is 10.3 Å². The molecule has 1 heterocycles. The topological polar surface area (TPSA) is 78.8 Å². The molecule has 6 rings (SSSR count). The van der Waals surface area contributed by atoms with Gasteiger partial charge in [0, 0.05) is 23.9 Å². The van der Waals surface area contributed by atoms with E-state index in [4.69, 9.17) is 11.6 Å². The fraction of sp³-hybridized carbons (Fsp3) is 0.500. The Hall–Kier alpha value is -2.50. The summed E-state index contributed by atoms with van der Waals surface area (Å²) in [6, 6.07) is 11.2. The first-order chi connectivity index (χ1) is 18.5. The van der Waals surface area contributed by atoms with E-state index in [9.17, 15) is 30.8 Å². The number of aliphatic imine (C=N–C) groups is 1. The SMILES string of the molecule is C[C@H](CC(=O)[C@@H]1N=C(C23CC(N(Cc4ccc(Cl)c(F)c4)S(=O)(=O)c4ccccc4)(C2)C3)NC1(C)C)C(F)(F)F. The molecule has 6 nitrogen and oxygen atoms in total. The number of rotatable bonds is 9. The van der Waals surface area contributed by atoms with Crippen LogP contribution in [0.25, 0.3) is 0 Å². The molecular formula is C28H30ClF4N3O3S. The van der Waals surface area contributed by atoms with Crippen LogP contribution >= 0.6 is 11.6 Å². The van der Waals surface area contributed by atoms with Crippen molar-refractivity contribution in [2.24, 2.45) is 16.3 Å². The molecule has 0 spiro atoms. The van der Waals surface area contributed by atoms with Gasteiger partial charge in [0.1, 0.15) is 17.7 Å². The Morgan fingerprint density at radius 2 is 1.77 bits per heavy atom. The maximum absolute atomic E-state index is 14.2. The van der Waals surface area contributed by atoms with Crippen molar-refractivity contribution in [3.63, 3.8) is 0 Å². The van der Waals surface area contributed by atoms with Crippen LogP contribution in [0.5, 0.6) is 0 Å². The summed E-state index contributed by atoms with van der Waals surface area (Å²) >= 11 is 5.83. The number of sulfonamides is 1. The molecule has 2 aromatic rings.